The largest absolute Gasteiger partial charge is 0.298 e. The van der Waals surface area contributed by atoms with Crippen molar-refractivity contribution in [2.75, 3.05) is 7.05 Å². The van der Waals surface area contributed by atoms with Gasteiger partial charge in [0.2, 0.25) is 0 Å². The molecule has 1 saturated carbocycles. The van der Waals surface area contributed by atoms with Gasteiger partial charge in [-0.2, -0.15) is 0 Å². The first-order valence-electron chi connectivity index (χ1n) is 12.6. The first-order valence-corrected chi connectivity index (χ1v) is 12.6. The van der Waals surface area contributed by atoms with E-state index in [0.29, 0.717) is 0 Å². The molecule has 1 fully saturated rings. The maximum Gasteiger partial charge on any atom is 0.0234 e. The van der Waals surface area contributed by atoms with E-state index >= 15 is 0 Å². The number of benzene rings is 4. The molecule has 1 nitrogen and oxygen atoms in total. The van der Waals surface area contributed by atoms with Crippen LogP contribution in [-0.4, -0.2) is 11.9 Å². The minimum absolute atomic E-state index is 0.265. The van der Waals surface area contributed by atoms with Gasteiger partial charge < -0.3 is 0 Å². The Balaban J connectivity index is 0.000000162. The lowest BCUT2D eigenvalue weighted by Gasteiger charge is -2.38. The molecule has 1 aliphatic rings. The summed E-state index contributed by atoms with van der Waals surface area (Å²) in [4.78, 5) is 2.32. The van der Waals surface area contributed by atoms with E-state index in [1.54, 1.807) is 0 Å². The van der Waals surface area contributed by atoms with Gasteiger partial charge in [-0.1, -0.05) is 141 Å². The summed E-state index contributed by atoms with van der Waals surface area (Å²) in [6.45, 7) is 1.99. The van der Waals surface area contributed by atoms with E-state index in [0.717, 1.165) is 13.1 Å². The van der Waals surface area contributed by atoms with Crippen LogP contribution in [0.4, 0.5) is 0 Å². The molecule has 174 valence electrons. The summed E-state index contributed by atoms with van der Waals surface area (Å²) >= 11 is 0. The number of nitrogens with zero attached hydrogens (tertiary/aromatic N) is 1. The second-order valence-electron chi connectivity index (χ2n) is 9.52. The zero-order chi connectivity index (χ0) is 23.5. The van der Waals surface area contributed by atoms with Gasteiger partial charge in [0.25, 0.3) is 0 Å². The number of rotatable bonds is 6. The fourth-order valence-electron chi connectivity index (χ4n) is 5.26. The van der Waals surface area contributed by atoms with Crippen LogP contribution in [0.15, 0.2) is 121 Å². The summed E-state index contributed by atoms with van der Waals surface area (Å²) < 4.78 is 0. The predicted molar refractivity (Wildman–Crippen MR) is 145 cm³/mol. The van der Waals surface area contributed by atoms with Crippen LogP contribution < -0.4 is 0 Å². The quantitative estimate of drug-likeness (QED) is 0.287. The summed E-state index contributed by atoms with van der Waals surface area (Å²) in [5.74, 6) is 0. The van der Waals surface area contributed by atoms with Crippen molar-refractivity contribution in [3.8, 4) is 0 Å². The molecule has 1 aliphatic carbocycles. The molecule has 0 bridgehead atoms. The Kier molecular flexibility index (Phi) is 8.71. The highest BCUT2D eigenvalue weighted by Crippen LogP contribution is 2.44. The molecular weight excluding hydrogens is 410 g/mol. The van der Waals surface area contributed by atoms with Crippen LogP contribution in [0.1, 0.15) is 54.4 Å². The van der Waals surface area contributed by atoms with Gasteiger partial charge in [0, 0.05) is 18.5 Å². The summed E-state index contributed by atoms with van der Waals surface area (Å²) in [5.41, 5.74) is 5.98. The van der Waals surface area contributed by atoms with Crippen LogP contribution in [0.5, 0.6) is 0 Å². The molecule has 0 saturated heterocycles. The van der Waals surface area contributed by atoms with Gasteiger partial charge in [0.1, 0.15) is 0 Å². The molecule has 0 heterocycles. The van der Waals surface area contributed by atoms with E-state index in [2.05, 4.69) is 133 Å². The molecular formula is C33H37N. The predicted octanol–water partition coefficient (Wildman–Crippen LogP) is 8.26. The SMILES string of the molecule is CN(Cc1ccccc1)Cc1ccccc1.c1ccc(C2(c3ccccc3)CCCCC2)cc1. The molecule has 34 heavy (non-hydrogen) atoms. The Morgan fingerprint density at radius 3 is 1.24 bits per heavy atom. The monoisotopic (exact) mass is 447 g/mol. The third kappa shape index (κ3) is 6.46. The normalized spacial score (nSPS) is 14.8. The standard InChI is InChI=1S/C18H20.C15H17N/c1-4-10-16(11-5-1)18(14-8-3-9-15-18)17-12-6-2-7-13-17;1-16(12-14-8-4-2-5-9-14)13-15-10-6-3-7-11-15/h1-2,4-7,10-13H,3,8-9,14-15H2;2-11H,12-13H2,1H3. The Morgan fingerprint density at radius 2 is 0.853 bits per heavy atom. The van der Waals surface area contributed by atoms with Crippen molar-refractivity contribution in [3.05, 3.63) is 144 Å². The molecule has 0 N–H and O–H groups in total. The van der Waals surface area contributed by atoms with Crippen LogP contribution in [0, 0.1) is 0 Å². The van der Waals surface area contributed by atoms with E-state index in [1.807, 2.05) is 0 Å². The van der Waals surface area contributed by atoms with Crippen molar-refractivity contribution in [2.24, 2.45) is 0 Å². The van der Waals surface area contributed by atoms with Crippen LogP contribution >= 0.6 is 0 Å². The number of hydrogen-bond acceptors (Lipinski definition) is 1. The van der Waals surface area contributed by atoms with Crippen molar-refractivity contribution in [1.29, 1.82) is 0 Å². The zero-order valence-corrected chi connectivity index (χ0v) is 20.4. The molecule has 0 radical (unpaired) electrons. The lowest BCUT2D eigenvalue weighted by atomic mass is 9.65. The summed E-state index contributed by atoms with van der Waals surface area (Å²) in [5, 5.41) is 0. The molecule has 0 spiro atoms. The topological polar surface area (TPSA) is 3.24 Å². The van der Waals surface area contributed by atoms with Crippen LogP contribution in [0.3, 0.4) is 0 Å². The summed E-state index contributed by atoms with van der Waals surface area (Å²) in [6.07, 6.45) is 6.68. The van der Waals surface area contributed by atoms with E-state index in [-0.39, 0.29) is 5.41 Å². The molecule has 4 aromatic rings. The Labute approximate surface area is 206 Å². The van der Waals surface area contributed by atoms with Gasteiger partial charge >= 0.3 is 0 Å². The van der Waals surface area contributed by atoms with Gasteiger partial charge in [-0.05, 0) is 42.1 Å². The van der Waals surface area contributed by atoms with E-state index in [9.17, 15) is 0 Å². The Hall–Kier alpha value is -3.16. The molecule has 0 atom stereocenters. The average molecular weight is 448 g/mol. The maximum absolute atomic E-state index is 2.32. The molecule has 0 amide bonds. The number of hydrogen-bond donors (Lipinski definition) is 0. The first kappa shape index (κ1) is 24.0. The van der Waals surface area contributed by atoms with Crippen molar-refractivity contribution in [3.63, 3.8) is 0 Å². The maximum atomic E-state index is 2.32. The average Bonchev–Trinajstić information content (AvgIpc) is 2.91. The van der Waals surface area contributed by atoms with E-state index in [1.165, 1.54) is 54.4 Å². The Bertz CT molecular complexity index is 985. The highest BCUT2D eigenvalue weighted by atomic mass is 15.1. The second kappa shape index (κ2) is 12.3. The fourth-order valence-corrected chi connectivity index (χ4v) is 5.26. The van der Waals surface area contributed by atoms with Gasteiger partial charge in [-0.15, -0.1) is 0 Å². The first-order chi connectivity index (χ1) is 16.8. The lowest BCUT2D eigenvalue weighted by Crippen LogP contribution is -2.30. The van der Waals surface area contributed by atoms with Gasteiger partial charge in [-0.25, -0.2) is 0 Å². The minimum atomic E-state index is 0.265. The van der Waals surface area contributed by atoms with Gasteiger partial charge in [0.15, 0.2) is 0 Å². The third-order valence-electron chi connectivity index (χ3n) is 6.95. The Morgan fingerprint density at radius 1 is 0.500 bits per heavy atom. The lowest BCUT2D eigenvalue weighted by molar-refractivity contribution is 0.319. The van der Waals surface area contributed by atoms with Crippen molar-refractivity contribution < 1.29 is 0 Å². The van der Waals surface area contributed by atoms with Gasteiger partial charge in [-0.3, -0.25) is 4.90 Å². The van der Waals surface area contributed by atoms with Crippen LogP contribution in [0.2, 0.25) is 0 Å². The third-order valence-corrected chi connectivity index (χ3v) is 6.95. The highest BCUT2D eigenvalue weighted by molar-refractivity contribution is 5.39. The van der Waals surface area contributed by atoms with Crippen molar-refractivity contribution in [2.45, 2.75) is 50.6 Å². The molecule has 0 aliphatic heterocycles. The van der Waals surface area contributed by atoms with E-state index < -0.39 is 0 Å². The second-order valence-corrected chi connectivity index (χ2v) is 9.52. The molecule has 1 heteroatoms. The van der Waals surface area contributed by atoms with Crippen LogP contribution in [-0.2, 0) is 18.5 Å². The van der Waals surface area contributed by atoms with Crippen molar-refractivity contribution in [1.82, 2.24) is 4.90 Å². The zero-order valence-electron chi connectivity index (χ0n) is 20.4. The van der Waals surface area contributed by atoms with Crippen molar-refractivity contribution >= 4 is 0 Å². The smallest absolute Gasteiger partial charge is 0.0234 e. The van der Waals surface area contributed by atoms with E-state index in [4.69, 9.17) is 0 Å². The minimum Gasteiger partial charge on any atom is -0.298 e. The molecule has 5 rings (SSSR count). The molecule has 4 aromatic carbocycles. The molecule has 0 unspecified atom stereocenters. The fraction of sp³-hybridized carbons (Fsp3) is 0.273. The van der Waals surface area contributed by atoms with Gasteiger partial charge in [0.05, 0.1) is 0 Å². The summed E-state index contributed by atoms with van der Waals surface area (Å²) in [6, 6.07) is 43.3. The highest BCUT2D eigenvalue weighted by Gasteiger charge is 2.35. The molecule has 0 aromatic heterocycles. The summed E-state index contributed by atoms with van der Waals surface area (Å²) in [7, 11) is 2.15. The van der Waals surface area contributed by atoms with Crippen LogP contribution in [0.25, 0.3) is 0 Å².